The molecule has 3 fully saturated rings. The van der Waals surface area contributed by atoms with Gasteiger partial charge in [0.05, 0.1) is 5.82 Å². The Hall–Kier alpha value is -1.45. The van der Waals surface area contributed by atoms with Crippen LogP contribution in [0.1, 0.15) is 78.6 Å². The van der Waals surface area contributed by atoms with Crippen molar-refractivity contribution in [3.63, 3.8) is 0 Å². The Kier molecular flexibility index (Phi) is 9.15. The lowest BCUT2D eigenvalue weighted by Gasteiger charge is -2.46. The van der Waals surface area contributed by atoms with Gasteiger partial charge in [0, 0.05) is 43.8 Å². The van der Waals surface area contributed by atoms with Gasteiger partial charge in [-0.2, -0.15) is 0 Å². The standard InChI is InChI=1S/C32H50ClN3/c1-24(2)10-11-28-13-17-36(22-26(28)4)27(5)35-18-15-32(16-19-35)14-12-30(21-32)34(6)23-29-9-7-8-25(3)20-31(29)33/h8-9,20,26,28,30H,1,5,7,10-19,21-23H2,2-4,6H3. The molecular formula is C32H50ClN3. The summed E-state index contributed by atoms with van der Waals surface area (Å²) in [5.74, 6) is 2.86. The lowest BCUT2D eigenvalue weighted by Crippen LogP contribution is -2.47. The van der Waals surface area contributed by atoms with Crippen molar-refractivity contribution in [1.29, 1.82) is 0 Å². The summed E-state index contributed by atoms with van der Waals surface area (Å²) in [5, 5.41) is 0.918. The third-order valence-electron chi connectivity index (χ3n) is 9.76. The summed E-state index contributed by atoms with van der Waals surface area (Å²) in [4.78, 5) is 7.75. The molecule has 3 unspecified atom stereocenters. The molecule has 3 nitrogen and oxygen atoms in total. The maximum atomic E-state index is 6.63. The maximum Gasteiger partial charge on any atom is 0.0965 e. The van der Waals surface area contributed by atoms with E-state index >= 15 is 0 Å². The van der Waals surface area contributed by atoms with E-state index in [-0.39, 0.29) is 0 Å². The molecule has 4 aliphatic rings. The molecular weight excluding hydrogens is 462 g/mol. The van der Waals surface area contributed by atoms with Gasteiger partial charge in [-0.25, -0.2) is 0 Å². The lowest BCUT2D eigenvalue weighted by molar-refractivity contribution is 0.0711. The molecule has 0 aromatic carbocycles. The van der Waals surface area contributed by atoms with Crippen LogP contribution in [0.3, 0.4) is 0 Å². The normalized spacial score (nSPS) is 28.6. The number of piperidine rings is 2. The number of hydrogen-bond donors (Lipinski definition) is 0. The van der Waals surface area contributed by atoms with Crippen LogP contribution < -0.4 is 0 Å². The summed E-state index contributed by atoms with van der Waals surface area (Å²) in [6, 6.07) is 0.668. The predicted octanol–water partition coefficient (Wildman–Crippen LogP) is 7.74. The van der Waals surface area contributed by atoms with Gasteiger partial charge >= 0.3 is 0 Å². The monoisotopic (exact) mass is 511 g/mol. The van der Waals surface area contributed by atoms with Gasteiger partial charge in [0.15, 0.2) is 0 Å². The van der Waals surface area contributed by atoms with Crippen molar-refractivity contribution in [3.8, 4) is 0 Å². The number of likely N-dealkylation sites (tertiary alicyclic amines) is 2. The molecule has 36 heavy (non-hydrogen) atoms. The molecule has 0 N–H and O–H groups in total. The molecule has 4 rings (SSSR count). The fourth-order valence-electron chi connectivity index (χ4n) is 7.11. The number of allylic oxidation sites excluding steroid dienone is 5. The Morgan fingerprint density at radius 2 is 1.86 bits per heavy atom. The Balaban J connectivity index is 1.24. The number of hydrogen-bond acceptors (Lipinski definition) is 3. The second-order valence-electron chi connectivity index (χ2n) is 12.6. The summed E-state index contributed by atoms with van der Waals surface area (Å²) in [6.45, 7) is 21.1. The van der Waals surface area contributed by atoms with E-state index in [4.69, 9.17) is 11.6 Å². The van der Waals surface area contributed by atoms with Gasteiger partial charge in [-0.05, 0) is 108 Å². The van der Waals surface area contributed by atoms with Crippen LogP contribution in [0.4, 0.5) is 0 Å². The Morgan fingerprint density at radius 1 is 1.11 bits per heavy atom. The van der Waals surface area contributed by atoms with Gasteiger partial charge in [-0.3, -0.25) is 4.90 Å². The highest BCUT2D eigenvalue weighted by Gasteiger charge is 2.43. The van der Waals surface area contributed by atoms with Crippen molar-refractivity contribution in [1.82, 2.24) is 14.7 Å². The van der Waals surface area contributed by atoms with Gasteiger partial charge in [-0.15, -0.1) is 6.58 Å². The van der Waals surface area contributed by atoms with Crippen molar-refractivity contribution in [2.45, 2.75) is 84.6 Å². The first-order valence-electron chi connectivity index (χ1n) is 14.4. The highest BCUT2D eigenvalue weighted by atomic mass is 35.5. The minimum Gasteiger partial charge on any atom is -0.359 e. The van der Waals surface area contributed by atoms with Crippen LogP contribution in [0.25, 0.3) is 0 Å². The molecule has 0 aromatic heterocycles. The van der Waals surface area contributed by atoms with E-state index in [1.54, 1.807) is 0 Å². The fourth-order valence-corrected chi connectivity index (χ4v) is 7.42. The van der Waals surface area contributed by atoms with E-state index < -0.39 is 0 Å². The molecule has 2 saturated heterocycles. The van der Waals surface area contributed by atoms with Gasteiger partial charge < -0.3 is 9.80 Å². The van der Waals surface area contributed by atoms with Gasteiger partial charge in [0.2, 0.25) is 0 Å². The number of rotatable bonds is 8. The average molecular weight is 512 g/mol. The van der Waals surface area contributed by atoms with Crippen molar-refractivity contribution in [2.75, 3.05) is 39.8 Å². The minimum atomic E-state index is 0.522. The second kappa shape index (κ2) is 11.9. The average Bonchev–Trinajstić information content (AvgIpc) is 3.18. The predicted molar refractivity (Wildman–Crippen MR) is 156 cm³/mol. The van der Waals surface area contributed by atoms with Crippen LogP contribution in [0.15, 0.2) is 59.0 Å². The molecule has 2 aliphatic carbocycles. The smallest absolute Gasteiger partial charge is 0.0965 e. The Morgan fingerprint density at radius 3 is 2.56 bits per heavy atom. The van der Waals surface area contributed by atoms with E-state index in [2.05, 4.69) is 73.9 Å². The van der Waals surface area contributed by atoms with Crippen LogP contribution in [0.5, 0.6) is 0 Å². The number of halogens is 1. The van der Waals surface area contributed by atoms with Crippen molar-refractivity contribution < 1.29 is 0 Å². The van der Waals surface area contributed by atoms with Crippen molar-refractivity contribution >= 4 is 11.6 Å². The zero-order chi connectivity index (χ0) is 25.9. The quantitative estimate of drug-likeness (QED) is 0.308. The van der Waals surface area contributed by atoms with E-state index in [1.807, 2.05) is 0 Å². The van der Waals surface area contributed by atoms with Crippen LogP contribution in [0.2, 0.25) is 0 Å². The highest BCUT2D eigenvalue weighted by Crippen LogP contribution is 2.48. The van der Waals surface area contributed by atoms with Gasteiger partial charge in [0.25, 0.3) is 0 Å². The second-order valence-corrected chi connectivity index (χ2v) is 13.0. The zero-order valence-electron chi connectivity index (χ0n) is 23.5. The van der Waals surface area contributed by atoms with Crippen LogP contribution in [-0.2, 0) is 0 Å². The van der Waals surface area contributed by atoms with E-state index in [1.165, 1.54) is 93.5 Å². The first-order valence-corrected chi connectivity index (χ1v) is 14.8. The highest BCUT2D eigenvalue weighted by molar-refractivity contribution is 6.32. The zero-order valence-corrected chi connectivity index (χ0v) is 24.3. The van der Waals surface area contributed by atoms with Crippen molar-refractivity contribution in [3.05, 3.63) is 59.0 Å². The molecule has 1 saturated carbocycles. The van der Waals surface area contributed by atoms with E-state index in [0.717, 1.165) is 36.4 Å². The number of nitrogens with zero attached hydrogens (tertiary/aromatic N) is 3. The molecule has 0 amide bonds. The Bertz CT molecular complexity index is 904. The van der Waals surface area contributed by atoms with Gasteiger partial charge in [-0.1, -0.05) is 48.4 Å². The first-order chi connectivity index (χ1) is 17.2. The molecule has 200 valence electrons. The maximum absolute atomic E-state index is 6.63. The molecule has 3 atom stereocenters. The molecule has 0 radical (unpaired) electrons. The van der Waals surface area contributed by atoms with E-state index in [9.17, 15) is 0 Å². The van der Waals surface area contributed by atoms with Crippen LogP contribution >= 0.6 is 11.6 Å². The molecule has 0 bridgehead atoms. The Labute approximate surface area is 226 Å². The third kappa shape index (κ3) is 6.70. The van der Waals surface area contributed by atoms with Crippen LogP contribution in [0, 0.1) is 17.3 Å². The summed E-state index contributed by atoms with van der Waals surface area (Å²) in [5.41, 5.74) is 4.40. The summed E-state index contributed by atoms with van der Waals surface area (Å²) >= 11 is 6.63. The SMILES string of the molecule is C=C(C)CCC1CCN(C(=C)N2CCC3(CCC(N(C)CC4=CCC=C(C)C=C4Cl)C3)CC2)CC1C. The minimum absolute atomic E-state index is 0.522. The summed E-state index contributed by atoms with van der Waals surface area (Å²) in [6.07, 6.45) is 18.1. The summed E-state index contributed by atoms with van der Waals surface area (Å²) in [7, 11) is 2.30. The van der Waals surface area contributed by atoms with Crippen molar-refractivity contribution in [2.24, 2.45) is 17.3 Å². The number of likely N-dealkylation sites (N-methyl/N-ethyl adjacent to an activating group) is 1. The molecule has 1 spiro atoms. The lowest BCUT2D eigenvalue weighted by atomic mass is 9.76. The first kappa shape index (κ1) is 27.6. The van der Waals surface area contributed by atoms with Crippen LogP contribution in [-0.4, -0.2) is 60.5 Å². The molecule has 4 heteroatoms. The molecule has 2 aliphatic heterocycles. The largest absolute Gasteiger partial charge is 0.359 e. The topological polar surface area (TPSA) is 9.72 Å². The summed E-state index contributed by atoms with van der Waals surface area (Å²) < 4.78 is 0. The third-order valence-corrected chi connectivity index (χ3v) is 10.1. The fraction of sp³-hybridized carbons (Fsp3) is 0.688. The molecule has 0 aromatic rings. The molecule has 2 heterocycles. The van der Waals surface area contributed by atoms with E-state index in [0.29, 0.717) is 11.5 Å². The van der Waals surface area contributed by atoms with Gasteiger partial charge in [0.1, 0.15) is 0 Å².